The number of fused-ring (bicyclic) bond motifs is 1. The SMILES string of the molecule is C=C(C)C1OC(=O)c2cc(OC)c(OC)cc21. The molecule has 1 heterocycles. The van der Waals surface area contributed by atoms with E-state index in [4.69, 9.17) is 14.2 Å². The van der Waals surface area contributed by atoms with Crippen molar-refractivity contribution < 1.29 is 19.0 Å². The number of esters is 1. The van der Waals surface area contributed by atoms with Crippen molar-refractivity contribution in [2.24, 2.45) is 0 Å². The number of rotatable bonds is 3. The molecule has 0 bridgehead atoms. The molecule has 0 spiro atoms. The minimum absolute atomic E-state index is 0.353. The summed E-state index contributed by atoms with van der Waals surface area (Å²) in [6, 6.07) is 3.40. The van der Waals surface area contributed by atoms with Gasteiger partial charge < -0.3 is 14.2 Å². The molecule has 4 heteroatoms. The molecule has 0 N–H and O–H groups in total. The highest BCUT2D eigenvalue weighted by Crippen LogP contribution is 2.41. The molecule has 90 valence electrons. The Hall–Kier alpha value is -1.97. The van der Waals surface area contributed by atoms with E-state index in [9.17, 15) is 4.79 Å². The third-order valence-electron chi connectivity index (χ3n) is 2.73. The van der Waals surface area contributed by atoms with E-state index in [-0.39, 0.29) is 5.97 Å². The van der Waals surface area contributed by atoms with Gasteiger partial charge >= 0.3 is 5.97 Å². The zero-order valence-corrected chi connectivity index (χ0v) is 10.1. The van der Waals surface area contributed by atoms with Crippen LogP contribution in [0.4, 0.5) is 0 Å². The molecule has 0 radical (unpaired) electrons. The molecule has 1 aliphatic heterocycles. The van der Waals surface area contributed by atoms with Crippen molar-refractivity contribution in [3.05, 3.63) is 35.4 Å². The number of hydrogen-bond acceptors (Lipinski definition) is 4. The molecule has 0 fully saturated rings. The lowest BCUT2D eigenvalue weighted by Crippen LogP contribution is -1.98. The molecular formula is C13H14O4. The maximum absolute atomic E-state index is 11.7. The van der Waals surface area contributed by atoms with Crippen molar-refractivity contribution in [2.45, 2.75) is 13.0 Å². The second-order valence-corrected chi connectivity index (χ2v) is 3.93. The Morgan fingerprint density at radius 1 is 1.29 bits per heavy atom. The van der Waals surface area contributed by atoms with Gasteiger partial charge in [-0.3, -0.25) is 0 Å². The Bertz CT molecular complexity index is 490. The van der Waals surface area contributed by atoms with E-state index < -0.39 is 6.10 Å². The lowest BCUT2D eigenvalue weighted by atomic mass is 10.0. The first-order valence-corrected chi connectivity index (χ1v) is 5.20. The van der Waals surface area contributed by atoms with E-state index in [1.807, 2.05) is 6.92 Å². The summed E-state index contributed by atoms with van der Waals surface area (Å²) in [6.45, 7) is 5.64. The molecule has 2 rings (SSSR count). The zero-order chi connectivity index (χ0) is 12.6. The van der Waals surface area contributed by atoms with E-state index in [0.717, 1.165) is 11.1 Å². The van der Waals surface area contributed by atoms with Crippen molar-refractivity contribution >= 4 is 5.97 Å². The molecule has 1 atom stereocenters. The van der Waals surface area contributed by atoms with Crippen LogP contribution in [0.2, 0.25) is 0 Å². The van der Waals surface area contributed by atoms with Crippen molar-refractivity contribution in [2.75, 3.05) is 14.2 Å². The monoisotopic (exact) mass is 234 g/mol. The topological polar surface area (TPSA) is 44.8 Å². The fraction of sp³-hybridized carbons (Fsp3) is 0.308. The fourth-order valence-corrected chi connectivity index (χ4v) is 1.89. The van der Waals surface area contributed by atoms with Crippen molar-refractivity contribution in [1.29, 1.82) is 0 Å². The second-order valence-electron chi connectivity index (χ2n) is 3.93. The van der Waals surface area contributed by atoms with Crippen LogP contribution in [0.3, 0.4) is 0 Å². The van der Waals surface area contributed by atoms with E-state index >= 15 is 0 Å². The Kier molecular flexibility index (Phi) is 2.79. The molecule has 1 unspecified atom stereocenters. The maximum atomic E-state index is 11.7. The first kappa shape index (κ1) is 11.5. The van der Waals surface area contributed by atoms with Crippen LogP contribution >= 0.6 is 0 Å². The molecule has 0 aromatic heterocycles. The zero-order valence-electron chi connectivity index (χ0n) is 10.1. The van der Waals surface area contributed by atoms with E-state index in [1.165, 1.54) is 7.11 Å². The van der Waals surface area contributed by atoms with E-state index in [2.05, 4.69) is 6.58 Å². The van der Waals surface area contributed by atoms with Crippen LogP contribution in [-0.2, 0) is 4.74 Å². The first-order valence-electron chi connectivity index (χ1n) is 5.20. The normalized spacial score (nSPS) is 17.4. The van der Waals surface area contributed by atoms with Gasteiger partial charge in [0, 0.05) is 5.56 Å². The summed E-state index contributed by atoms with van der Waals surface area (Å²) in [5.74, 6) is 0.746. The van der Waals surface area contributed by atoms with Crippen molar-refractivity contribution in [3.8, 4) is 11.5 Å². The third-order valence-corrected chi connectivity index (χ3v) is 2.73. The van der Waals surface area contributed by atoms with Gasteiger partial charge in [0.1, 0.15) is 6.10 Å². The van der Waals surface area contributed by atoms with Crippen molar-refractivity contribution in [3.63, 3.8) is 0 Å². The van der Waals surface area contributed by atoms with Gasteiger partial charge in [0.05, 0.1) is 19.8 Å². The predicted octanol–water partition coefficient (Wildman–Crippen LogP) is 2.49. The average molecular weight is 234 g/mol. The molecule has 1 aromatic carbocycles. The summed E-state index contributed by atoms with van der Waals surface area (Å²) in [5, 5.41) is 0. The van der Waals surface area contributed by atoms with Gasteiger partial charge in [-0.15, -0.1) is 0 Å². The molecule has 1 aliphatic rings. The lowest BCUT2D eigenvalue weighted by Gasteiger charge is -2.12. The highest BCUT2D eigenvalue weighted by Gasteiger charge is 2.33. The number of hydrogen-bond donors (Lipinski definition) is 0. The average Bonchev–Trinajstić information content (AvgIpc) is 2.64. The van der Waals surface area contributed by atoms with Crippen LogP contribution < -0.4 is 9.47 Å². The summed E-state index contributed by atoms with van der Waals surface area (Å²) in [6.07, 6.45) is -0.391. The molecule has 4 nitrogen and oxygen atoms in total. The standard InChI is InChI=1S/C13H14O4/c1-7(2)12-8-5-10(15-3)11(16-4)6-9(8)13(14)17-12/h5-6,12H,1H2,2-4H3. The quantitative estimate of drug-likeness (QED) is 0.595. The summed E-state index contributed by atoms with van der Waals surface area (Å²) in [7, 11) is 3.08. The number of ether oxygens (including phenoxy) is 3. The van der Waals surface area contributed by atoms with Gasteiger partial charge in [0.15, 0.2) is 11.5 Å². The lowest BCUT2D eigenvalue weighted by molar-refractivity contribution is 0.0450. The van der Waals surface area contributed by atoms with Crippen LogP contribution in [0, 0.1) is 0 Å². The summed E-state index contributed by atoms with van der Waals surface area (Å²) < 4.78 is 15.6. The molecule has 1 aromatic rings. The molecule has 0 amide bonds. The fourth-order valence-electron chi connectivity index (χ4n) is 1.89. The number of methoxy groups -OCH3 is 2. The van der Waals surface area contributed by atoms with Crippen LogP contribution in [0.15, 0.2) is 24.3 Å². The highest BCUT2D eigenvalue weighted by atomic mass is 16.5. The molecular weight excluding hydrogens is 220 g/mol. The van der Waals surface area contributed by atoms with E-state index in [0.29, 0.717) is 17.1 Å². The Morgan fingerprint density at radius 2 is 1.88 bits per heavy atom. The number of carbonyl (C=O) groups excluding carboxylic acids is 1. The second kappa shape index (κ2) is 4.13. The molecule has 0 saturated carbocycles. The van der Waals surface area contributed by atoms with Crippen molar-refractivity contribution in [1.82, 2.24) is 0 Å². The van der Waals surface area contributed by atoms with Gasteiger partial charge in [-0.25, -0.2) is 4.79 Å². The summed E-state index contributed by atoms with van der Waals surface area (Å²) in [4.78, 5) is 11.7. The first-order chi connectivity index (χ1) is 8.08. The number of cyclic esters (lactones) is 1. The van der Waals surface area contributed by atoms with Gasteiger partial charge in [-0.05, 0) is 24.6 Å². The van der Waals surface area contributed by atoms with E-state index in [1.54, 1.807) is 19.2 Å². The maximum Gasteiger partial charge on any atom is 0.339 e. The Labute approximate surface area is 99.8 Å². The summed E-state index contributed by atoms with van der Waals surface area (Å²) in [5.41, 5.74) is 2.07. The van der Waals surface area contributed by atoms with Gasteiger partial charge in [-0.2, -0.15) is 0 Å². The molecule has 0 saturated heterocycles. The van der Waals surface area contributed by atoms with Gasteiger partial charge in [0.25, 0.3) is 0 Å². The number of benzene rings is 1. The third kappa shape index (κ3) is 1.75. The van der Waals surface area contributed by atoms with Crippen LogP contribution in [0.5, 0.6) is 11.5 Å². The smallest absolute Gasteiger partial charge is 0.339 e. The number of carbonyl (C=O) groups is 1. The largest absolute Gasteiger partial charge is 0.493 e. The molecule has 17 heavy (non-hydrogen) atoms. The minimum atomic E-state index is -0.391. The van der Waals surface area contributed by atoms with Crippen LogP contribution in [0.25, 0.3) is 0 Å². The molecule has 0 aliphatic carbocycles. The van der Waals surface area contributed by atoms with Crippen LogP contribution in [0.1, 0.15) is 28.9 Å². The highest BCUT2D eigenvalue weighted by molar-refractivity contribution is 5.95. The Morgan fingerprint density at radius 3 is 2.41 bits per heavy atom. The van der Waals surface area contributed by atoms with Gasteiger partial charge in [-0.1, -0.05) is 6.58 Å². The minimum Gasteiger partial charge on any atom is -0.493 e. The predicted molar refractivity (Wildman–Crippen MR) is 62.5 cm³/mol. The summed E-state index contributed by atoms with van der Waals surface area (Å²) >= 11 is 0. The Balaban J connectivity index is 2.58. The van der Waals surface area contributed by atoms with Crippen LogP contribution in [-0.4, -0.2) is 20.2 Å². The van der Waals surface area contributed by atoms with Gasteiger partial charge in [0.2, 0.25) is 0 Å².